The van der Waals surface area contributed by atoms with E-state index in [0.29, 0.717) is 6.04 Å². The molecule has 1 unspecified atom stereocenters. The highest BCUT2D eigenvalue weighted by Crippen LogP contribution is 2.36. The smallest absolute Gasteiger partial charge is 0.0364 e. The minimum absolute atomic E-state index is 0.510. The van der Waals surface area contributed by atoms with E-state index in [1.54, 1.807) is 0 Å². The topological polar surface area (TPSA) is 12.0 Å². The standard InChI is InChI=1S/C13H13N/c1-14-12-8-10-6-2-4-9-5-3-7-11(12)13(9)10/h2-7,12,14H,8H2,1H3. The van der Waals surface area contributed by atoms with Crippen LogP contribution in [0.5, 0.6) is 0 Å². The van der Waals surface area contributed by atoms with Gasteiger partial charge in [-0.3, -0.25) is 0 Å². The van der Waals surface area contributed by atoms with Gasteiger partial charge in [0.2, 0.25) is 0 Å². The molecule has 0 amide bonds. The molecule has 1 aliphatic carbocycles. The normalized spacial score (nSPS) is 19.1. The second-order valence-corrected chi connectivity index (χ2v) is 3.91. The summed E-state index contributed by atoms with van der Waals surface area (Å²) in [6.07, 6.45) is 1.13. The molecule has 0 saturated heterocycles. The Morgan fingerprint density at radius 2 is 1.93 bits per heavy atom. The molecule has 2 aromatic carbocycles. The third kappa shape index (κ3) is 0.933. The van der Waals surface area contributed by atoms with Crippen molar-refractivity contribution < 1.29 is 0 Å². The fraction of sp³-hybridized carbons (Fsp3) is 0.231. The van der Waals surface area contributed by atoms with Gasteiger partial charge in [-0.05, 0) is 35.4 Å². The molecule has 70 valence electrons. The summed E-state index contributed by atoms with van der Waals surface area (Å²) in [4.78, 5) is 0. The summed E-state index contributed by atoms with van der Waals surface area (Å²) < 4.78 is 0. The minimum atomic E-state index is 0.510. The average molecular weight is 183 g/mol. The van der Waals surface area contributed by atoms with E-state index in [2.05, 4.69) is 41.7 Å². The summed E-state index contributed by atoms with van der Waals surface area (Å²) in [6.45, 7) is 0. The van der Waals surface area contributed by atoms with E-state index in [0.717, 1.165) is 6.42 Å². The van der Waals surface area contributed by atoms with E-state index in [9.17, 15) is 0 Å². The van der Waals surface area contributed by atoms with Crippen molar-refractivity contribution in [1.29, 1.82) is 0 Å². The first-order valence-electron chi connectivity index (χ1n) is 5.08. The Hall–Kier alpha value is -1.34. The van der Waals surface area contributed by atoms with Gasteiger partial charge in [-0.15, -0.1) is 0 Å². The van der Waals surface area contributed by atoms with Gasteiger partial charge in [0, 0.05) is 6.04 Å². The zero-order valence-electron chi connectivity index (χ0n) is 8.25. The Morgan fingerprint density at radius 3 is 2.71 bits per heavy atom. The van der Waals surface area contributed by atoms with Crippen molar-refractivity contribution >= 4 is 10.8 Å². The van der Waals surface area contributed by atoms with E-state index >= 15 is 0 Å². The number of hydrogen-bond acceptors (Lipinski definition) is 1. The predicted octanol–water partition coefficient (Wildman–Crippen LogP) is 2.66. The Balaban J connectivity index is 2.38. The van der Waals surface area contributed by atoms with Crippen molar-refractivity contribution in [3.8, 4) is 0 Å². The first-order valence-corrected chi connectivity index (χ1v) is 5.08. The van der Waals surface area contributed by atoms with Crippen molar-refractivity contribution in [2.24, 2.45) is 0 Å². The molecule has 0 spiro atoms. The Kier molecular flexibility index (Phi) is 1.62. The van der Waals surface area contributed by atoms with Crippen LogP contribution in [0.1, 0.15) is 17.2 Å². The molecule has 1 N–H and O–H groups in total. The van der Waals surface area contributed by atoms with E-state index in [-0.39, 0.29) is 0 Å². The molecule has 14 heavy (non-hydrogen) atoms. The van der Waals surface area contributed by atoms with Gasteiger partial charge in [0.15, 0.2) is 0 Å². The van der Waals surface area contributed by atoms with E-state index < -0.39 is 0 Å². The molecule has 0 aromatic heterocycles. The van der Waals surface area contributed by atoms with Crippen LogP contribution in [0.15, 0.2) is 36.4 Å². The molecule has 3 rings (SSSR count). The van der Waals surface area contributed by atoms with Gasteiger partial charge in [-0.25, -0.2) is 0 Å². The molecule has 0 saturated carbocycles. The predicted molar refractivity (Wildman–Crippen MR) is 59.5 cm³/mol. The van der Waals surface area contributed by atoms with Gasteiger partial charge >= 0.3 is 0 Å². The monoisotopic (exact) mass is 183 g/mol. The molecule has 1 atom stereocenters. The summed E-state index contributed by atoms with van der Waals surface area (Å²) in [5.74, 6) is 0. The van der Waals surface area contributed by atoms with Crippen LogP contribution in [0.4, 0.5) is 0 Å². The van der Waals surface area contributed by atoms with E-state index in [1.807, 2.05) is 7.05 Å². The van der Waals surface area contributed by atoms with E-state index in [4.69, 9.17) is 0 Å². The third-order valence-electron chi connectivity index (χ3n) is 3.17. The number of benzene rings is 2. The molecule has 1 nitrogen and oxygen atoms in total. The molecular formula is C13H13N. The second kappa shape index (κ2) is 2.82. The van der Waals surface area contributed by atoms with Crippen molar-refractivity contribution in [3.05, 3.63) is 47.5 Å². The zero-order valence-corrected chi connectivity index (χ0v) is 8.25. The lowest BCUT2D eigenvalue weighted by atomic mass is 10.0. The maximum atomic E-state index is 3.37. The maximum Gasteiger partial charge on any atom is 0.0364 e. The molecule has 0 fully saturated rings. The Labute approximate surface area is 83.8 Å². The molecule has 1 aliphatic rings. The summed E-state index contributed by atoms with van der Waals surface area (Å²) >= 11 is 0. The van der Waals surface area contributed by atoms with Crippen LogP contribution in [0.3, 0.4) is 0 Å². The van der Waals surface area contributed by atoms with Gasteiger partial charge in [0.25, 0.3) is 0 Å². The average Bonchev–Trinajstić information content (AvgIpc) is 2.60. The number of nitrogens with one attached hydrogen (secondary N) is 1. The largest absolute Gasteiger partial charge is 0.313 e. The fourth-order valence-electron chi connectivity index (χ4n) is 2.50. The molecule has 0 aliphatic heterocycles. The van der Waals surface area contributed by atoms with Gasteiger partial charge < -0.3 is 5.32 Å². The highest BCUT2D eigenvalue weighted by Gasteiger charge is 2.21. The molecular weight excluding hydrogens is 170 g/mol. The van der Waals surface area contributed by atoms with Crippen molar-refractivity contribution in [1.82, 2.24) is 5.32 Å². The molecule has 1 heteroatoms. The number of rotatable bonds is 1. The fourth-order valence-corrected chi connectivity index (χ4v) is 2.50. The van der Waals surface area contributed by atoms with Crippen LogP contribution < -0.4 is 5.32 Å². The van der Waals surface area contributed by atoms with Gasteiger partial charge in [0.1, 0.15) is 0 Å². The van der Waals surface area contributed by atoms with Crippen LogP contribution in [-0.2, 0) is 6.42 Å². The summed E-state index contributed by atoms with van der Waals surface area (Å²) in [5.41, 5.74) is 2.94. The SMILES string of the molecule is CNC1Cc2cccc3cccc1c23. The molecule has 0 bridgehead atoms. The molecule has 2 aromatic rings. The van der Waals surface area contributed by atoms with Gasteiger partial charge in [-0.2, -0.15) is 0 Å². The van der Waals surface area contributed by atoms with Gasteiger partial charge in [-0.1, -0.05) is 36.4 Å². The third-order valence-corrected chi connectivity index (χ3v) is 3.17. The van der Waals surface area contributed by atoms with Crippen LogP contribution in [0.2, 0.25) is 0 Å². The van der Waals surface area contributed by atoms with Crippen LogP contribution >= 0.6 is 0 Å². The summed E-state index contributed by atoms with van der Waals surface area (Å²) in [6, 6.07) is 13.7. The first kappa shape index (κ1) is 8.01. The van der Waals surface area contributed by atoms with Gasteiger partial charge in [0.05, 0.1) is 0 Å². The van der Waals surface area contributed by atoms with Crippen LogP contribution in [0, 0.1) is 0 Å². The molecule has 0 radical (unpaired) electrons. The highest BCUT2D eigenvalue weighted by atomic mass is 14.9. The summed E-state index contributed by atoms with van der Waals surface area (Å²) in [7, 11) is 2.04. The quantitative estimate of drug-likeness (QED) is 0.716. The van der Waals surface area contributed by atoms with Crippen LogP contribution in [0.25, 0.3) is 10.8 Å². The molecule has 0 heterocycles. The van der Waals surface area contributed by atoms with Crippen molar-refractivity contribution in [2.45, 2.75) is 12.5 Å². The minimum Gasteiger partial charge on any atom is -0.313 e. The Bertz CT molecular complexity index is 482. The highest BCUT2D eigenvalue weighted by molar-refractivity contribution is 5.91. The van der Waals surface area contributed by atoms with Crippen molar-refractivity contribution in [2.75, 3.05) is 7.05 Å². The number of likely N-dealkylation sites (N-methyl/N-ethyl adjacent to an activating group) is 1. The lowest BCUT2D eigenvalue weighted by Gasteiger charge is -2.09. The number of hydrogen-bond donors (Lipinski definition) is 1. The first-order chi connectivity index (χ1) is 6.90. The van der Waals surface area contributed by atoms with Crippen LogP contribution in [-0.4, -0.2) is 7.05 Å². The lowest BCUT2D eigenvalue weighted by molar-refractivity contribution is 0.614. The second-order valence-electron chi connectivity index (χ2n) is 3.91. The van der Waals surface area contributed by atoms with E-state index in [1.165, 1.54) is 21.9 Å². The lowest BCUT2D eigenvalue weighted by Crippen LogP contribution is -2.14. The Morgan fingerprint density at radius 1 is 1.14 bits per heavy atom. The maximum absolute atomic E-state index is 3.37. The van der Waals surface area contributed by atoms with Crippen molar-refractivity contribution in [3.63, 3.8) is 0 Å². The summed E-state index contributed by atoms with van der Waals surface area (Å²) in [5, 5.41) is 6.21. The zero-order chi connectivity index (χ0) is 9.54.